The van der Waals surface area contributed by atoms with Crippen molar-refractivity contribution in [2.75, 3.05) is 6.54 Å². The summed E-state index contributed by atoms with van der Waals surface area (Å²) in [6.07, 6.45) is 3.46. The van der Waals surface area contributed by atoms with Crippen LogP contribution in [-0.4, -0.2) is 11.5 Å². The van der Waals surface area contributed by atoms with Gasteiger partial charge in [0.05, 0.1) is 6.20 Å². The highest BCUT2D eigenvalue weighted by Gasteiger charge is 1.96. The number of nitrogens with one attached hydrogen (secondary N) is 1. The molecular weight excluding hydrogens is 224 g/mol. The minimum Gasteiger partial charge on any atom is -0.487 e. The fraction of sp³-hybridized carbons (Fsp3) is 0.267. The molecule has 1 heterocycles. The molecule has 0 aliphatic heterocycles. The Labute approximate surface area is 108 Å². The standard InChI is InChI=1S/C15H18N2O/c1-2-16-10-13-5-7-14(8-6-13)12-18-15-4-3-9-17-11-15/h3-9,11,16H,2,10,12H2,1H3. The average molecular weight is 242 g/mol. The van der Waals surface area contributed by atoms with E-state index < -0.39 is 0 Å². The molecule has 1 aromatic carbocycles. The molecule has 1 aromatic heterocycles. The lowest BCUT2D eigenvalue weighted by Gasteiger charge is -2.07. The molecule has 0 unspecified atom stereocenters. The molecule has 0 aliphatic carbocycles. The van der Waals surface area contributed by atoms with Gasteiger partial charge in [0, 0.05) is 12.7 Å². The molecule has 0 radical (unpaired) electrons. The highest BCUT2D eigenvalue weighted by atomic mass is 16.5. The van der Waals surface area contributed by atoms with Gasteiger partial charge in [-0.3, -0.25) is 4.98 Å². The molecule has 2 rings (SSSR count). The third-order valence-electron chi connectivity index (χ3n) is 2.64. The van der Waals surface area contributed by atoms with Gasteiger partial charge in [0.1, 0.15) is 12.4 Å². The average Bonchev–Trinajstić information content (AvgIpc) is 2.45. The molecule has 18 heavy (non-hydrogen) atoms. The molecule has 0 spiro atoms. The number of hydrogen-bond acceptors (Lipinski definition) is 3. The predicted molar refractivity (Wildman–Crippen MR) is 72.4 cm³/mol. The summed E-state index contributed by atoms with van der Waals surface area (Å²) in [6.45, 7) is 4.59. The highest BCUT2D eigenvalue weighted by molar-refractivity contribution is 5.23. The quantitative estimate of drug-likeness (QED) is 0.845. The molecule has 0 saturated heterocycles. The zero-order chi connectivity index (χ0) is 12.6. The van der Waals surface area contributed by atoms with Crippen LogP contribution in [0.1, 0.15) is 18.1 Å². The van der Waals surface area contributed by atoms with Gasteiger partial charge in [-0.2, -0.15) is 0 Å². The fourth-order valence-electron chi connectivity index (χ4n) is 1.62. The van der Waals surface area contributed by atoms with E-state index in [0.29, 0.717) is 6.61 Å². The second-order valence-electron chi connectivity index (χ2n) is 4.07. The monoisotopic (exact) mass is 242 g/mol. The van der Waals surface area contributed by atoms with Gasteiger partial charge in [-0.25, -0.2) is 0 Å². The summed E-state index contributed by atoms with van der Waals surface area (Å²) >= 11 is 0. The number of hydrogen-bond donors (Lipinski definition) is 1. The van der Waals surface area contributed by atoms with Crippen molar-refractivity contribution in [1.82, 2.24) is 10.3 Å². The summed E-state index contributed by atoms with van der Waals surface area (Å²) in [5, 5.41) is 3.30. The van der Waals surface area contributed by atoms with Crippen molar-refractivity contribution in [3.05, 3.63) is 59.9 Å². The number of nitrogens with zero attached hydrogens (tertiary/aromatic N) is 1. The maximum atomic E-state index is 5.63. The maximum absolute atomic E-state index is 5.63. The summed E-state index contributed by atoms with van der Waals surface area (Å²) in [6, 6.07) is 12.2. The zero-order valence-corrected chi connectivity index (χ0v) is 10.6. The summed E-state index contributed by atoms with van der Waals surface area (Å²) in [7, 11) is 0. The summed E-state index contributed by atoms with van der Waals surface area (Å²) < 4.78 is 5.63. The van der Waals surface area contributed by atoms with E-state index in [2.05, 4.69) is 41.5 Å². The minimum atomic E-state index is 0.577. The van der Waals surface area contributed by atoms with Crippen LogP contribution in [0.25, 0.3) is 0 Å². The third kappa shape index (κ3) is 3.86. The number of aromatic nitrogens is 1. The Hall–Kier alpha value is -1.87. The van der Waals surface area contributed by atoms with Gasteiger partial charge in [-0.1, -0.05) is 31.2 Å². The third-order valence-corrected chi connectivity index (χ3v) is 2.64. The first-order valence-electron chi connectivity index (χ1n) is 6.20. The topological polar surface area (TPSA) is 34.1 Å². The molecule has 0 atom stereocenters. The van der Waals surface area contributed by atoms with Gasteiger partial charge < -0.3 is 10.1 Å². The number of benzene rings is 1. The Morgan fingerprint density at radius 1 is 1.11 bits per heavy atom. The second kappa shape index (κ2) is 6.77. The van der Waals surface area contributed by atoms with Crippen molar-refractivity contribution >= 4 is 0 Å². The molecule has 0 aliphatic rings. The summed E-state index contributed by atoms with van der Waals surface area (Å²) in [5.41, 5.74) is 2.46. The molecule has 94 valence electrons. The summed E-state index contributed by atoms with van der Waals surface area (Å²) in [5.74, 6) is 0.800. The van der Waals surface area contributed by atoms with Gasteiger partial charge in [-0.05, 0) is 29.8 Å². The van der Waals surface area contributed by atoms with Crippen molar-refractivity contribution in [2.24, 2.45) is 0 Å². The Balaban J connectivity index is 1.86. The number of pyridine rings is 1. The number of ether oxygens (including phenoxy) is 1. The lowest BCUT2D eigenvalue weighted by molar-refractivity contribution is 0.305. The lowest BCUT2D eigenvalue weighted by Crippen LogP contribution is -2.11. The van der Waals surface area contributed by atoms with Gasteiger partial charge in [0.15, 0.2) is 0 Å². The molecule has 0 bridgehead atoms. The molecule has 1 N–H and O–H groups in total. The van der Waals surface area contributed by atoms with Crippen molar-refractivity contribution in [1.29, 1.82) is 0 Å². The van der Waals surface area contributed by atoms with E-state index >= 15 is 0 Å². The Morgan fingerprint density at radius 2 is 1.89 bits per heavy atom. The van der Waals surface area contributed by atoms with Crippen molar-refractivity contribution < 1.29 is 4.74 Å². The minimum absolute atomic E-state index is 0.577. The van der Waals surface area contributed by atoms with Crippen LogP contribution in [0.5, 0.6) is 5.75 Å². The van der Waals surface area contributed by atoms with Crippen LogP contribution in [0, 0.1) is 0 Å². The molecular formula is C15H18N2O. The normalized spacial score (nSPS) is 10.3. The van der Waals surface area contributed by atoms with Gasteiger partial charge in [-0.15, -0.1) is 0 Å². The first kappa shape index (κ1) is 12.6. The van der Waals surface area contributed by atoms with Gasteiger partial charge >= 0.3 is 0 Å². The van der Waals surface area contributed by atoms with Crippen molar-refractivity contribution in [3.63, 3.8) is 0 Å². The van der Waals surface area contributed by atoms with Crippen LogP contribution < -0.4 is 10.1 Å². The fourth-order valence-corrected chi connectivity index (χ4v) is 1.62. The van der Waals surface area contributed by atoms with E-state index in [9.17, 15) is 0 Å². The Kier molecular flexibility index (Phi) is 4.73. The SMILES string of the molecule is CCNCc1ccc(COc2cccnc2)cc1. The van der Waals surface area contributed by atoms with E-state index in [-0.39, 0.29) is 0 Å². The van der Waals surface area contributed by atoms with Crippen molar-refractivity contribution in [3.8, 4) is 5.75 Å². The Bertz CT molecular complexity index is 454. The first-order chi connectivity index (χ1) is 8.88. The van der Waals surface area contributed by atoms with Crippen LogP contribution in [0.2, 0.25) is 0 Å². The zero-order valence-electron chi connectivity index (χ0n) is 10.6. The van der Waals surface area contributed by atoms with Crippen LogP contribution in [-0.2, 0) is 13.2 Å². The molecule has 2 aromatic rings. The number of rotatable bonds is 6. The maximum Gasteiger partial charge on any atom is 0.138 e. The molecule has 0 amide bonds. The van der Waals surface area contributed by atoms with E-state index in [1.54, 1.807) is 12.4 Å². The molecule has 3 heteroatoms. The van der Waals surface area contributed by atoms with E-state index in [0.717, 1.165) is 18.8 Å². The van der Waals surface area contributed by atoms with E-state index in [4.69, 9.17) is 4.74 Å². The van der Waals surface area contributed by atoms with Crippen LogP contribution >= 0.6 is 0 Å². The van der Waals surface area contributed by atoms with Gasteiger partial charge in [0.2, 0.25) is 0 Å². The van der Waals surface area contributed by atoms with E-state index in [1.807, 2.05) is 12.1 Å². The molecule has 3 nitrogen and oxygen atoms in total. The van der Waals surface area contributed by atoms with Crippen LogP contribution in [0.3, 0.4) is 0 Å². The largest absolute Gasteiger partial charge is 0.487 e. The van der Waals surface area contributed by atoms with Crippen molar-refractivity contribution in [2.45, 2.75) is 20.1 Å². The summed E-state index contributed by atoms with van der Waals surface area (Å²) in [4.78, 5) is 4.01. The van der Waals surface area contributed by atoms with E-state index in [1.165, 1.54) is 11.1 Å². The van der Waals surface area contributed by atoms with Crippen LogP contribution in [0.4, 0.5) is 0 Å². The lowest BCUT2D eigenvalue weighted by atomic mass is 10.1. The highest BCUT2D eigenvalue weighted by Crippen LogP contribution is 2.11. The predicted octanol–water partition coefficient (Wildman–Crippen LogP) is 2.77. The smallest absolute Gasteiger partial charge is 0.138 e. The van der Waals surface area contributed by atoms with Crippen LogP contribution in [0.15, 0.2) is 48.8 Å². The van der Waals surface area contributed by atoms with Gasteiger partial charge in [0.25, 0.3) is 0 Å². The second-order valence-corrected chi connectivity index (χ2v) is 4.07. The Morgan fingerprint density at radius 3 is 2.56 bits per heavy atom. The molecule has 0 fully saturated rings. The molecule has 0 saturated carbocycles. The first-order valence-corrected chi connectivity index (χ1v) is 6.20.